The lowest BCUT2D eigenvalue weighted by atomic mass is 9.86. The number of aliphatic carboxylic acids is 1. The summed E-state index contributed by atoms with van der Waals surface area (Å²) in [4.78, 5) is 23.9. The highest BCUT2D eigenvalue weighted by Gasteiger charge is 2.30. The molecule has 0 saturated carbocycles. The number of thiophene rings is 1. The van der Waals surface area contributed by atoms with Crippen molar-refractivity contribution in [1.82, 2.24) is 5.32 Å². The number of carbonyl (C=O) groups is 2. The van der Waals surface area contributed by atoms with Gasteiger partial charge in [0.1, 0.15) is 0 Å². The van der Waals surface area contributed by atoms with E-state index in [2.05, 4.69) is 21.2 Å². The van der Waals surface area contributed by atoms with Crippen LogP contribution in [0.2, 0.25) is 0 Å². The first-order chi connectivity index (χ1) is 9.58. The molecule has 20 heavy (non-hydrogen) atoms. The SMILES string of the molecule is O=C(NCC(C(=O)O)C1CCOCC1)c1cc(Br)cs1. The van der Waals surface area contributed by atoms with E-state index in [1.807, 2.05) is 5.38 Å². The van der Waals surface area contributed by atoms with Gasteiger partial charge in [0.15, 0.2) is 0 Å². The molecule has 2 rings (SSSR count). The van der Waals surface area contributed by atoms with Crippen LogP contribution in [0.1, 0.15) is 22.5 Å². The molecule has 7 heteroatoms. The molecule has 0 bridgehead atoms. The van der Waals surface area contributed by atoms with Crippen LogP contribution in [0, 0.1) is 11.8 Å². The summed E-state index contributed by atoms with van der Waals surface area (Å²) in [6, 6.07) is 1.73. The minimum Gasteiger partial charge on any atom is -0.481 e. The Morgan fingerprint density at radius 3 is 2.75 bits per heavy atom. The Kier molecular flexibility index (Phi) is 5.56. The minimum absolute atomic E-state index is 0.0663. The van der Waals surface area contributed by atoms with Gasteiger partial charge in [-0.2, -0.15) is 0 Å². The van der Waals surface area contributed by atoms with Crippen LogP contribution in [0.15, 0.2) is 15.9 Å². The van der Waals surface area contributed by atoms with Crippen LogP contribution >= 0.6 is 27.3 Å². The predicted octanol–water partition coefficient (Wildman–Crippen LogP) is 2.37. The smallest absolute Gasteiger partial charge is 0.308 e. The summed E-state index contributed by atoms with van der Waals surface area (Å²) in [5, 5.41) is 13.9. The molecule has 1 aromatic rings. The van der Waals surface area contributed by atoms with Crippen molar-refractivity contribution in [3.8, 4) is 0 Å². The molecule has 1 amide bonds. The van der Waals surface area contributed by atoms with Crippen LogP contribution in [0.5, 0.6) is 0 Å². The molecule has 2 heterocycles. The van der Waals surface area contributed by atoms with Crippen molar-refractivity contribution in [2.45, 2.75) is 12.8 Å². The molecule has 0 spiro atoms. The molecule has 0 aliphatic carbocycles. The summed E-state index contributed by atoms with van der Waals surface area (Å²) >= 11 is 4.62. The maximum Gasteiger partial charge on any atom is 0.308 e. The first kappa shape index (κ1) is 15.5. The second-order valence-corrected chi connectivity index (χ2v) is 6.56. The average Bonchev–Trinajstić information content (AvgIpc) is 2.86. The topological polar surface area (TPSA) is 75.6 Å². The van der Waals surface area contributed by atoms with Crippen molar-refractivity contribution in [2.75, 3.05) is 19.8 Å². The zero-order valence-corrected chi connectivity index (χ0v) is 13.2. The first-order valence-corrected chi connectivity index (χ1v) is 8.08. The Labute approximate surface area is 129 Å². The molecule has 1 aliphatic heterocycles. The number of hydrogen-bond acceptors (Lipinski definition) is 4. The number of halogens is 1. The molecule has 2 N–H and O–H groups in total. The lowest BCUT2D eigenvalue weighted by Gasteiger charge is -2.27. The lowest BCUT2D eigenvalue weighted by molar-refractivity contribution is -0.144. The predicted molar refractivity (Wildman–Crippen MR) is 79.0 cm³/mol. The molecule has 0 aromatic carbocycles. The molecule has 1 atom stereocenters. The van der Waals surface area contributed by atoms with Crippen LogP contribution in [0.4, 0.5) is 0 Å². The Morgan fingerprint density at radius 2 is 2.20 bits per heavy atom. The fourth-order valence-corrected chi connectivity index (χ4v) is 3.64. The highest BCUT2D eigenvalue weighted by Crippen LogP contribution is 2.24. The van der Waals surface area contributed by atoms with Crippen molar-refractivity contribution in [3.05, 3.63) is 20.8 Å². The number of amides is 1. The Hall–Kier alpha value is -0.920. The molecule has 1 unspecified atom stereocenters. The van der Waals surface area contributed by atoms with Gasteiger partial charge in [0.05, 0.1) is 10.8 Å². The molecule has 1 fully saturated rings. The van der Waals surface area contributed by atoms with E-state index in [0.29, 0.717) is 18.1 Å². The summed E-state index contributed by atoms with van der Waals surface area (Å²) in [5.41, 5.74) is 0. The number of carboxylic acids is 1. The lowest BCUT2D eigenvalue weighted by Crippen LogP contribution is -2.38. The van der Waals surface area contributed by atoms with E-state index in [4.69, 9.17) is 4.74 Å². The van der Waals surface area contributed by atoms with E-state index in [1.165, 1.54) is 11.3 Å². The van der Waals surface area contributed by atoms with Gasteiger partial charge in [0.25, 0.3) is 5.91 Å². The quantitative estimate of drug-likeness (QED) is 0.843. The maximum absolute atomic E-state index is 11.9. The summed E-state index contributed by atoms with van der Waals surface area (Å²) in [6.07, 6.45) is 1.47. The number of rotatable bonds is 5. The monoisotopic (exact) mass is 361 g/mol. The molecule has 5 nitrogen and oxygen atoms in total. The number of carbonyl (C=O) groups excluding carboxylic acids is 1. The summed E-state index contributed by atoms with van der Waals surface area (Å²) in [6.45, 7) is 1.36. The third-order valence-corrected chi connectivity index (χ3v) is 5.12. The van der Waals surface area contributed by atoms with Crippen molar-refractivity contribution >= 4 is 39.1 Å². The highest BCUT2D eigenvalue weighted by molar-refractivity contribution is 9.10. The average molecular weight is 362 g/mol. The highest BCUT2D eigenvalue weighted by atomic mass is 79.9. The van der Waals surface area contributed by atoms with Crippen LogP contribution in [-0.4, -0.2) is 36.7 Å². The summed E-state index contributed by atoms with van der Waals surface area (Å²) in [5.74, 6) is -1.56. The van der Waals surface area contributed by atoms with Gasteiger partial charge in [-0.1, -0.05) is 0 Å². The van der Waals surface area contributed by atoms with Gasteiger partial charge in [0.2, 0.25) is 0 Å². The molecular weight excluding hydrogens is 346 g/mol. The van der Waals surface area contributed by atoms with Crippen LogP contribution in [0.25, 0.3) is 0 Å². The van der Waals surface area contributed by atoms with E-state index in [1.54, 1.807) is 6.07 Å². The fraction of sp³-hybridized carbons (Fsp3) is 0.538. The van der Waals surface area contributed by atoms with Crippen molar-refractivity contribution in [3.63, 3.8) is 0 Å². The molecule has 1 saturated heterocycles. The Morgan fingerprint density at radius 1 is 1.50 bits per heavy atom. The molecule has 1 aliphatic rings. The zero-order chi connectivity index (χ0) is 14.5. The van der Waals surface area contributed by atoms with E-state index in [9.17, 15) is 14.7 Å². The number of ether oxygens (including phenoxy) is 1. The first-order valence-electron chi connectivity index (χ1n) is 6.40. The molecule has 1 aromatic heterocycles. The van der Waals surface area contributed by atoms with Gasteiger partial charge in [-0.25, -0.2) is 0 Å². The second-order valence-electron chi connectivity index (χ2n) is 4.73. The van der Waals surface area contributed by atoms with Gasteiger partial charge >= 0.3 is 5.97 Å². The summed E-state index contributed by atoms with van der Waals surface area (Å²) < 4.78 is 6.10. The number of nitrogens with one attached hydrogen (secondary N) is 1. The standard InChI is InChI=1S/C13H16BrNO4S/c14-9-5-11(20-7-9)12(16)15-6-10(13(17)18)8-1-3-19-4-2-8/h5,7-8,10H,1-4,6H2,(H,15,16)(H,17,18). The largest absolute Gasteiger partial charge is 0.481 e. The Bertz CT molecular complexity index is 484. The van der Waals surface area contributed by atoms with Gasteiger partial charge in [0, 0.05) is 29.6 Å². The van der Waals surface area contributed by atoms with Crippen LogP contribution in [0.3, 0.4) is 0 Å². The van der Waals surface area contributed by atoms with Crippen LogP contribution in [-0.2, 0) is 9.53 Å². The zero-order valence-electron chi connectivity index (χ0n) is 10.8. The fourth-order valence-electron chi connectivity index (χ4n) is 2.30. The van der Waals surface area contributed by atoms with E-state index in [0.717, 1.165) is 17.3 Å². The summed E-state index contributed by atoms with van der Waals surface area (Å²) in [7, 11) is 0. The van der Waals surface area contributed by atoms with E-state index in [-0.39, 0.29) is 18.4 Å². The molecule has 110 valence electrons. The van der Waals surface area contributed by atoms with E-state index < -0.39 is 11.9 Å². The third kappa shape index (κ3) is 4.04. The maximum atomic E-state index is 11.9. The van der Waals surface area contributed by atoms with Crippen molar-refractivity contribution in [1.29, 1.82) is 0 Å². The Balaban J connectivity index is 1.91. The molecule has 0 radical (unpaired) electrons. The van der Waals surface area contributed by atoms with Crippen LogP contribution < -0.4 is 5.32 Å². The number of carboxylic acid groups (broad SMARTS) is 1. The van der Waals surface area contributed by atoms with Gasteiger partial charge in [-0.05, 0) is 40.8 Å². The molecular formula is C13H16BrNO4S. The van der Waals surface area contributed by atoms with Crippen molar-refractivity contribution in [2.24, 2.45) is 11.8 Å². The number of hydrogen-bond donors (Lipinski definition) is 2. The van der Waals surface area contributed by atoms with Gasteiger partial charge in [-0.3, -0.25) is 9.59 Å². The van der Waals surface area contributed by atoms with Gasteiger partial charge < -0.3 is 15.2 Å². The van der Waals surface area contributed by atoms with Crippen molar-refractivity contribution < 1.29 is 19.4 Å². The van der Waals surface area contributed by atoms with E-state index >= 15 is 0 Å². The minimum atomic E-state index is -0.857. The van der Waals surface area contributed by atoms with Gasteiger partial charge in [-0.15, -0.1) is 11.3 Å². The second kappa shape index (κ2) is 7.19. The normalized spacial score (nSPS) is 17.6. The third-order valence-electron chi connectivity index (χ3n) is 3.43.